The summed E-state index contributed by atoms with van der Waals surface area (Å²) < 4.78 is 106. The van der Waals surface area contributed by atoms with Gasteiger partial charge in [-0.1, -0.05) is 6.58 Å². The topological polar surface area (TPSA) is 54.0 Å². The second-order valence-electron chi connectivity index (χ2n) is 10.8. The van der Waals surface area contributed by atoms with Crippen LogP contribution in [0.25, 0.3) is 0 Å². The summed E-state index contributed by atoms with van der Waals surface area (Å²) >= 11 is 0. The highest BCUT2D eigenvalue weighted by Crippen LogP contribution is 2.50. The Morgan fingerprint density at radius 3 is 1.24 bits per heavy atom. The van der Waals surface area contributed by atoms with E-state index in [-0.39, 0.29) is 0 Å². The van der Waals surface area contributed by atoms with Gasteiger partial charge in [-0.25, -0.2) is 4.79 Å². The molecule has 196 valence electrons. The maximum atomic E-state index is 14.0. The van der Waals surface area contributed by atoms with Gasteiger partial charge < -0.3 is 17.1 Å². The van der Waals surface area contributed by atoms with Crippen LogP contribution < -0.4 is 0 Å². The second kappa shape index (κ2) is 10.3. The van der Waals surface area contributed by atoms with Gasteiger partial charge in [-0.15, -0.1) is 0 Å². The predicted molar refractivity (Wildman–Crippen MR) is 124 cm³/mol. The van der Waals surface area contributed by atoms with Gasteiger partial charge in [0.1, 0.15) is 0 Å². The Labute approximate surface area is 196 Å². The summed E-state index contributed by atoms with van der Waals surface area (Å²) in [6, 6.07) is -0.825. The number of carbonyl (C=O) groups excluding carboxylic acids is 1. The van der Waals surface area contributed by atoms with Crippen LogP contribution in [0.2, 0.25) is 65.0 Å². The molecule has 0 aromatic carbocycles. The summed E-state index contributed by atoms with van der Waals surface area (Å²) in [6.45, 7) is 19.8. The van der Waals surface area contributed by atoms with E-state index in [1.165, 1.54) is 0 Å². The minimum absolute atomic E-state index is 0.591. The zero-order valence-corrected chi connectivity index (χ0v) is 24.9. The summed E-state index contributed by atoms with van der Waals surface area (Å²) in [5.74, 6) is -1.79. The Hall–Kier alpha value is -0.462. The van der Waals surface area contributed by atoms with Crippen LogP contribution in [0.15, 0.2) is 12.2 Å². The average molecular weight is 559 g/mol. The van der Waals surface area contributed by atoms with Crippen molar-refractivity contribution in [2.24, 2.45) is 0 Å². The van der Waals surface area contributed by atoms with E-state index >= 15 is 0 Å². The lowest BCUT2D eigenvalue weighted by Gasteiger charge is -2.44. The molecular formula is C18H36F6O5Si4. The molecule has 33 heavy (non-hydrogen) atoms. The second-order valence-corrected chi connectivity index (χ2v) is 27.8. The lowest BCUT2D eigenvalue weighted by molar-refractivity contribution is -0.369. The van der Waals surface area contributed by atoms with Crippen molar-refractivity contribution in [1.29, 1.82) is 0 Å². The SMILES string of the molecule is C=C(C)C(=O)OC(CC[Si](O[Si](C)(C)C)(O[Si](C)(C)C)O[Si](C)(C)C)(C(F)(F)F)C(F)(F)F. The molecule has 0 bridgehead atoms. The highest BCUT2D eigenvalue weighted by Gasteiger charge is 2.74. The molecule has 0 N–H and O–H groups in total. The fourth-order valence-electron chi connectivity index (χ4n) is 2.80. The summed E-state index contributed by atoms with van der Waals surface area (Å²) in [5.41, 5.74) is -5.35. The highest BCUT2D eigenvalue weighted by atomic mass is 28.5. The van der Waals surface area contributed by atoms with Gasteiger partial charge >= 0.3 is 32.7 Å². The van der Waals surface area contributed by atoms with Crippen LogP contribution in [-0.4, -0.2) is 57.7 Å². The molecule has 0 aromatic heterocycles. The van der Waals surface area contributed by atoms with Crippen molar-refractivity contribution in [1.82, 2.24) is 0 Å². The smallest absolute Gasteiger partial charge is 0.436 e. The van der Waals surface area contributed by atoms with Crippen LogP contribution in [-0.2, 0) is 21.9 Å². The Balaban J connectivity index is 6.77. The third kappa shape index (κ3) is 10.4. The standard InChI is InChI=1S/C18H36F6O5Si4/c1-14(2)15(25)26-16(17(19,20)21,18(22,23)24)12-13-33(27-30(3,4)5,28-31(6,7)8)29-32(9,10)11/h1,12-13H2,2-11H3. The largest absolute Gasteiger partial charge is 0.469 e. The Bertz CT molecular complexity index is 651. The van der Waals surface area contributed by atoms with E-state index in [2.05, 4.69) is 11.3 Å². The van der Waals surface area contributed by atoms with Gasteiger partial charge in [-0.3, -0.25) is 0 Å². The van der Waals surface area contributed by atoms with E-state index in [4.69, 9.17) is 12.3 Å². The van der Waals surface area contributed by atoms with Gasteiger partial charge in [0.2, 0.25) is 0 Å². The van der Waals surface area contributed by atoms with Gasteiger partial charge in [-0.2, -0.15) is 26.3 Å². The van der Waals surface area contributed by atoms with Crippen molar-refractivity contribution < 1.29 is 48.2 Å². The van der Waals surface area contributed by atoms with Crippen LogP contribution in [0.4, 0.5) is 26.3 Å². The van der Waals surface area contributed by atoms with Crippen LogP contribution >= 0.6 is 0 Å². The number of carbonyl (C=O) groups is 1. The molecule has 0 aliphatic rings. The summed E-state index contributed by atoms with van der Waals surface area (Å²) in [6.07, 6.45) is -13.5. The summed E-state index contributed by atoms with van der Waals surface area (Å²) in [5, 5.41) is 0. The minimum Gasteiger partial charge on any atom is -0.436 e. The molecule has 0 atom stereocenters. The Morgan fingerprint density at radius 2 is 1.03 bits per heavy atom. The minimum atomic E-state index is -5.95. The molecule has 0 aromatic rings. The third-order valence-corrected chi connectivity index (χ3v) is 15.6. The first kappa shape index (κ1) is 32.5. The molecule has 0 saturated carbocycles. The number of hydrogen-bond donors (Lipinski definition) is 0. The van der Waals surface area contributed by atoms with Crippen LogP contribution in [0, 0.1) is 0 Å². The van der Waals surface area contributed by atoms with Gasteiger partial charge in [0.05, 0.1) is 0 Å². The number of hydrogen-bond acceptors (Lipinski definition) is 5. The fraction of sp³-hybridized carbons (Fsp3) is 0.833. The van der Waals surface area contributed by atoms with Gasteiger partial charge in [0.25, 0.3) is 0 Å². The lowest BCUT2D eigenvalue weighted by atomic mass is 9.98. The quantitative estimate of drug-likeness (QED) is 0.120. The van der Waals surface area contributed by atoms with E-state index in [1.54, 1.807) is 58.9 Å². The first-order valence-corrected chi connectivity index (χ1v) is 22.4. The van der Waals surface area contributed by atoms with E-state index in [1.807, 2.05) is 0 Å². The van der Waals surface area contributed by atoms with Crippen molar-refractivity contribution in [3.8, 4) is 0 Å². The Morgan fingerprint density at radius 1 is 0.727 bits per heavy atom. The molecule has 0 heterocycles. The summed E-state index contributed by atoms with van der Waals surface area (Å²) in [7, 11) is -11.8. The first-order chi connectivity index (χ1) is 14.2. The van der Waals surface area contributed by atoms with Crippen LogP contribution in [0.1, 0.15) is 13.3 Å². The molecule has 5 nitrogen and oxygen atoms in total. The molecule has 0 aliphatic carbocycles. The maximum Gasteiger partial charge on any atom is 0.469 e. The monoisotopic (exact) mass is 558 g/mol. The number of halogens is 6. The maximum absolute atomic E-state index is 14.0. The third-order valence-electron chi connectivity index (χ3n) is 3.70. The lowest BCUT2D eigenvalue weighted by Crippen LogP contribution is -2.64. The number of ether oxygens (including phenoxy) is 1. The molecule has 0 radical (unpaired) electrons. The molecular weight excluding hydrogens is 523 g/mol. The zero-order valence-electron chi connectivity index (χ0n) is 20.9. The van der Waals surface area contributed by atoms with E-state index < -0.39 is 75.7 Å². The van der Waals surface area contributed by atoms with Gasteiger partial charge in [0.15, 0.2) is 25.0 Å². The number of esters is 1. The Kier molecular flexibility index (Phi) is 10.1. The molecule has 0 unspecified atom stereocenters. The number of rotatable bonds is 11. The van der Waals surface area contributed by atoms with E-state index in [0.29, 0.717) is 0 Å². The normalized spacial score (nSPS) is 14.9. The molecule has 0 spiro atoms. The molecule has 0 saturated heterocycles. The molecule has 0 rings (SSSR count). The van der Waals surface area contributed by atoms with Crippen LogP contribution in [0.5, 0.6) is 0 Å². The zero-order chi connectivity index (χ0) is 26.9. The van der Waals surface area contributed by atoms with Crippen molar-refractivity contribution >= 4 is 39.7 Å². The van der Waals surface area contributed by atoms with Crippen LogP contribution in [0.3, 0.4) is 0 Å². The van der Waals surface area contributed by atoms with E-state index in [9.17, 15) is 31.1 Å². The predicted octanol–water partition coefficient (Wildman–Crippen LogP) is 6.85. The number of alkyl halides is 6. The van der Waals surface area contributed by atoms with Crippen molar-refractivity contribution in [2.45, 2.75) is 96.3 Å². The molecule has 0 amide bonds. The molecule has 15 heteroatoms. The first-order valence-electron chi connectivity index (χ1n) is 10.3. The van der Waals surface area contributed by atoms with Gasteiger partial charge in [0, 0.05) is 18.0 Å². The van der Waals surface area contributed by atoms with Crippen molar-refractivity contribution in [3.63, 3.8) is 0 Å². The summed E-state index contributed by atoms with van der Waals surface area (Å²) in [4.78, 5) is 11.9. The van der Waals surface area contributed by atoms with Crippen molar-refractivity contribution in [3.05, 3.63) is 12.2 Å². The molecule has 0 aliphatic heterocycles. The van der Waals surface area contributed by atoms with E-state index in [0.717, 1.165) is 6.92 Å². The highest BCUT2D eigenvalue weighted by molar-refractivity contribution is 6.90. The fourth-order valence-corrected chi connectivity index (χ4v) is 17.5. The molecule has 0 fully saturated rings. The average Bonchev–Trinajstić information content (AvgIpc) is 2.42. The van der Waals surface area contributed by atoms with Gasteiger partial charge in [-0.05, 0) is 65.8 Å². The van der Waals surface area contributed by atoms with Crippen molar-refractivity contribution in [2.75, 3.05) is 0 Å².